The van der Waals surface area contributed by atoms with Crippen LogP contribution in [0.15, 0.2) is 59.8 Å². The van der Waals surface area contributed by atoms with Crippen molar-refractivity contribution in [2.45, 2.75) is 26.3 Å². The van der Waals surface area contributed by atoms with Crippen LogP contribution in [-0.4, -0.2) is 30.1 Å². The molecule has 0 spiro atoms. The Labute approximate surface area is 175 Å². The van der Waals surface area contributed by atoms with Crippen molar-refractivity contribution in [1.29, 1.82) is 0 Å². The van der Waals surface area contributed by atoms with E-state index in [4.69, 9.17) is 0 Å². The number of aromatic nitrogens is 5. The molecule has 0 aliphatic rings. The van der Waals surface area contributed by atoms with Crippen LogP contribution < -0.4 is 5.69 Å². The molecule has 0 N–H and O–H groups in total. The molecule has 0 unspecified atom stereocenters. The van der Waals surface area contributed by atoms with Gasteiger partial charge in [-0.3, -0.25) is 9.78 Å². The molecule has 4 rings (SSSR count). The van der Waals surface area contributed by atoms with Gasteiger partial charge in [-0.1, -0.05) is 29.5 Å². The average Bonchev–Trinajstić information content (AvgIpc) is 3.31. The zero-order valence-corrected chi connectivity index (χ0v) is 17.0. The lowest BCUT2D eigenvalue weighted by Gasteiger charge is -2.00. The summed E-state index contributed by atoms with van der Waals surface area (Å²) in [6.07, 6.45) is 3.94. The molecule has 0 radical (unpaired) electrons. The number of Topliss-reactive ketones (excluding diaryl/α,β-unsaturated/α-hetero) is 1. The second kappa shape index (κ2) is 8.50. The normalized spacial score (nSPS) is 11.0. The van der Waals surface area contributed by atoms with E-state index < -0.39 is 0 Å². The van der Waals surface area contributed by atoms with Gasteiger partial charge in [0.05, 0.1) is 17.1 Å². The Hall–Kier alpha value is -3.46. The maximum absolute atomic E-state index is 13.1. The first-order valence-electron chi connectivity index (χ1n) is 9.31. The molecule has 0 atom stereocenters. The van der Waals surface area contributed by atoms with E-state index in [9.17, 15) is 14.0 Å². The van der Waals surface area contributed by atoms with Gasteiger partial charge in [0.2, 0.25) is 0 Å². The van der Waals surface area contributed by atoms with Crippen LogP contribution in [0.2, 0.25) is 0 Å². The minimum absolute atomic E-state index is 0.0337. The molecule has 0 fully saturated rings. The predicted molar refractivity (Wildman–Crippen MR) is 111 cm³/mol. The van der Waals surface area contributed by atoms with Crippen LogP contribution in [0.5, 0.6) is 0 Å². The van der Waals surface area contributed by atoms with Crippen molar-refractivity contribution in [3.63, 3.8) is 0 Å². The number of thiazole rings is 1. The number of nitrogens with zero attached hydrogens (tertiary/aromatic N) is 5. The highest BCUT2D eigenvalue weighted by molar-refractivity contribution is 7.16. The Bertz CT molecular complexity index is 1230. The number of hydrogen-bond donors (Lipinski definition) is 0. The van der Waals surface area contributed by atoms with Gasteiger partial charge in [0.15, 0.2) is 10.9 Å². The summed E-state index contributed by atoms with van der Waals surface area (Å²) in [4.78, 5) is 34.5. The molecule has 30 heavy (non-hydrogen) atoms. The van der Waals surface area contributed by atoms with Crippen LogP contribution in [-0.2, 0) is 13.0 Å². The molecule has 0 amide bonds. The van der Waals surface area contributed by atoms with Gasteiger partial charge in [-0.15, -0.1) is 0 Å². The van der Waals surface area contributed by atoms with E-state index in [0.29, 0.717) is 28.5 Å². The van der Waals surface area contributed by atoms with Crippen molar-refractivity contribution < 1.29 is 9.18 Å². The summed E-state index contributed by atoms with van der Waals surface area (Å²) in [5, 5.41) is 4.51. The fourth-order valence-electron chi connectivity index (χ4n) is 2.98. The summed E-state index contributed by atoms with van der Waals surface area (Å²) in [7, 11) is 0. The summed E-state index contributed by atoms with van der Waals surface area (Å²) in [5.74, 6) is -0.371. The van der Waals surface area contributed by atoms with E-state index in [2.05, 4.69) is 15.1 Å². The number of ketones is 1. The van der Waals surface area contributed by atoms with E-state index in [1.165, 1.54) is 39.0 Å². The maximum Gasteiger partial charge on any atom is 0.352 e. The number of benzene rings is 1. The highest BCUT2D eigenvalue weighted by atomic mass is 32.1. The Balaban J connectivity index is 1.51. The van der Waals surface area contributed by atoms with Crippen molar-refractivity contribution in [3.8, 4) is 5.13 Å². The highest BCUT2D eigenvalue weighted by Gasteiger charge is 2.18. The summed E-state index contributed by atoms with van der Waals surface area (Å²) >= 11 is 1.17. The number of aryl methyl sites for hydroxylation is 2. The van der Waals surface area contributed by atoms with Gasteiger partial charge in [-0.05, 0) is 43.2 Å². The fourth-order valence-corrected chi connectivity index (χ4v) is 3.98. The molecule has 0 saturated carbocycles. The maximum atomic E-state index is 13.1. The molecule has 9 heteroatoms. The second-order valence-electron chi connectivity index (χ2n) is 6.72. The van der Waals surface area contributed by atoms with E-state index >= 15 is 0 Å². The molecule has 3 heterocycles. The van der Waals surface area contributed by atoms with E-state index in [-0.39, 0.29) is 23.8 Å². The summed E-state index contributed by atoms with van der Waals surface area (Å²) in [5.41, 5.74) is 1.82. The smallest absolute Gasteiger partial charge is 0.293 e. The van der Waals surface area contributed by atoms with Crippen molar-refractivity contribution in [2.75, 3.05) is 0 Å². The van der Waals surface area contributed by atoms with Crippen LogP contribution in [0, 0.1) is 12.7 Å². The Morgan fingerprint density at radius 3 is 2.70 bits per heavy atom. The lowest BCUT2D eigenvalue weighted by Crippen LogP contribution is -2.24. The topological polar surface area (TPSA) is 82.7 Å². The number of carbonyl (C=O) groups is 1. The third-order valence-electron chi connectivity index (χ3n) is 4.56. The van der Waals surface area contributed by atoms with Crippen LogP contribution in [0.1, 0.15) is 33.0 Å². The minimum Gasteiger partial charge on any atom is -0.293 e. The van der Waals surface area contributed by atoms with Crippen LogP contribution in [0.3, 0.4) is 0 Å². The highest BCUT2D eigenvalue weighted by Crippen LogP contribution is 2.22. The SMILES string of the molecule is Cc1nc(-n2cnn(Cc3ccc(F)cc3)c2=O)sc1C(=O)CCc1ccccn1. The minimum atomic E-state index is -0.374. The Kier molecular flexibility index (Phi) is 5.62. The molecule has 4 aromatic rings. The zero-order valence-electron chi connectivity index (χ0n) is 16.2. The Morgan fingerprint density at radius 2 is 1.97 bits per heavy atom. The third kappa shape index (κ3) is 4.25. The van der Waals surface area contributed by atoms with Crippen LogP contribution in [0.25, 0.3) is 5.13 Å². The van der Waals surface area contributed by atoms with Crippen molar-refractivity contribution in [1.82, 2.24) is 24.3 Å². The molecule has 152 valence electrons. The van der Waals surface area contributed by atoms with Crippen molar-refractivity contribution >= 4 is 17.1 Å². The first-order valence-corrected chi connectivity index (χ1v) is 10.1. The molecule has 0 bridgehead atoms. The molecular formula is C21H18FN5O2S. The largest absolute Gasteiger partial charge is 0.352 e. The van der Waals surface area contributed by atoms with Gasteiger partial charge in [-0.25, -0.2) is 23.4 Å². The predicted octanol–water partition coefficient (Wildman–Crippen LogP) is 3.20. The Morgan fingerprint density at radius 1 is 1.17 bits per heavy atom. The number of hydrogen-bond acceptors (Lipinski definition) is 6. The summed E-state index contributed by atoms with van der Waals surface area (Å²) in [6.45, 7) is 1.97. The van der Waals surface area contributed by atoms with E-state index in [1.54, 1.807) is 25.3 Å². The molecule has 7 nitrogen and oxygen atoms in total. The lowest BCUT2D eigenvalue weighted by molar-refractivity contribution is 0.0985. The molecular weight excluding hydrogens is 405 g/mol. The van der Waals surface area contributed by atoms with Gasteiger partial charge in [-0.2, -0.15) is 5.10 Å². The van der Waals surface area contributed by atoms with Gasteiger partial charge >= 0.3 is 5.69 Å². The van der Waals surface area contributed by atoms with Crippen LogP contribution >= 0.6 is 11.3 Å². The number of rotatable bonds is 7. The van der Waals surface area contributed by atoms with Crippen molar-refractivity contribution in [2.24, 2.45) is 0 Å². The van der Waals surface area contributed by atoms with Crippen LogP contribution in [0.4, 0.5) is 4.39 Å². The molecule has 0 aliphatic heterocycles. The van der Waals surface area contributed by atoms with E-state index in [0.717, 1.165) is 11.3 Å². The van der Waals surface area contributed by atoms with Crippen molar-refractivity contribution in [3.05, 3.63) is 93.1 Å². The van der Waals surface area contributed by atoms with Gasteiger partial charge in [0.25, 0.3) is 0 Å². The first-order chi connectivity index (χ1) is 14.5. The van der Waals surface area contributed by atoms with Gasteiger partial charge < -0.3 is 0 Å². The van der Waals surface area contributed by atoms with E-state index in [1.807, 2.05) is 18.2 Å². The molecule has 1 aromatic carbocycles. The standard InChI is InChI=1S/C21H18FN5O2S/c1-14-19(18(28)10-9-17-4-2-3-11-23-17)30-20(25-14)26-13-24-27(21(26)29)12-15-5-7-16(22)8-6-15/h2-8,11,13H,9-10,12H2,1H3. The number of carbonyl (C=O) groups excluding carboxylic acids is 1. The monoisotopic (exact) mass is 423 g/mol. The summed E-state index contributed by atoms with van der Waals surface area (Å²) < 4.78 is 15.6. The summed E-state index contributed by atoms with van der Waals surface area (Å²) in [6, 6.07) is 11.5. The number of halogens is 1. The number of pyridine rings is 1. The second-order valence-corrected chi connectivity index (χ2v) is 7.70. The zero-order chi connectivity index (χ0) is 21.1. The molecule has 0 saturated heterocycles. The third-order valence-corrected chi connectivity index (χ3v) is 5.76. The first kappa shape index (κ1) is 19.8. The van der Waals surface area contributed by atoms with Gasteiger partial charge in [0.1, 0.15) is 12.1 Å². The molecule has 3 aromatic heterocycles. The molecule has 0 aliphatic carbocycles. The average molecular weight is 423 g/mol. The lowest BCUT2D eigenvalue weighted by atomic mass is 10.1. The fraction of sp³-hybridized carbons (Fsp3) is 0.190. The quantitative estimate of drug-likeness (QED) is 0.426. The van der Waals surface area contributed by atoms with Gasteiger partial charge in [0, 0.05) is 18.3 Å².